The predicted molar refractivity (Wildman–Crippen MR) is 106 cm³/mol. The molecule has 1 fully saturated rings. The summed E-state index contributed by atoms with van der Waals surface area (Å²) in [5, 5.41) is 8.85. The lowest BCUT2D eigenvalue weighted by molar-refractivity contribution is 0.0407. The Morgan fingerprint density at radius 2 is 1.93 bits per heavy atom. The molecule has 138 valence electrons. The van der Waals surface area contributed by atoms with Gasteiger partial charge in [-0.3, -0.25) is 0 Å². The molecule has 5 nitrogen and oxygen atoms in total. The van der Waals surface area contributed by atoms with Crippen LogP contribution >= 0.6 is 0 Å². The van der Waals surface area contributed by atoms with E-state index < -0.39 is 0 Å². The Hall–Kier alpha value is -2.92. The SMILES string of the molecule is COc1cccc(CC2CN(c3ccc(-c4ccccc4)nn3)CCO2)c1. The van der Waals surface area contributed by atoms with E-state index in [0.29, 0.717) is 6.61 Å². The molecular formula is C22H23N3O2. The minimum atomic E-state index is 0.126. The van der Waals surface area contributed by atoms with Crippen molar-refractivity contribution in [2.45, 2.75) is 12.5 Å². The second-order valence-corrected chi connectivity index (χ2v) is 6.64. The molecule has 1 atom stereocenters. The first-order valence-corrected chi connectivity index (χ1v) is 9.20. The first-order chi connectivity index (χ1) is 13.3. The number of anilines is 1. The van der Waals surface area contributed by atoms with Crippen LogP contribution < -0.4 is 9.64 Å². The molecule has 1 aromatic heterocycles. The van der Waals surface area contributed by atoms with Crippen LogP contribution in [-0.4, -0.2) is 43.1 Å². The van der Waals surface area contributed by atoms with E-state index in [1.807, 2.05) is 54.6 Å². The van der Waals surface area contributed by atoms with Gasteiger partial charge in [-0.2, -0.15) is 0 Å². The van der Waals surface area contributed by atoms with Gasteiger partial charge in [-0.1, -0.05) is 42.5 Å². The number of benzene rings is 2. The Balaban J connectivity index is 1.43. The predicted octanol–water partition coefficient (Wildman–Crippen LogP) is 3.60. The number of methoxy groups -OCH3 is 1. The topological polar surface area (TPSA) is 47.5 Å². The second kappa shape index (κ2) is 8.18. The fourth-order valence-electron chi connectivity index (χ4n) is 3.37. The molecule has 0 radical (unpaired) electrons. The molecule has 0 saturated carbocycles. The third-order valence-corrected chi connectivity index (χ3v) is 4.78. The maximum atomic E-state index is 5.97. The van der Waals surface area contributed by atoms with Crippen molar-refractivity contribution >= 4 is 5.82 Å². The van der Waals surface area contributed by atoms with Gasteiger partial charge in [0.1, 0.15) is 5.75 Å². The highest BCUT2D eigenvalue weighted by Gasteiger charge is 2.22. The van der Waals surface area contributed by atoms with E-state index in [-0.39, 0.29) is 6.10 Å². The lowest BCUT2D eigenvalue weighted by atomic mass is 10.1. The summed E-state index contributed by atoms with van der Waals surface area (Å²) in [6.07, 6.45) is 0.977. The molecule has 0 N–H and O–H groups in total. The van der Waals surface area contributed by atoms with Crippen molar-refractivity contribution in [1.82, 2.24) is 10.2 Å². The zero-order valence-electron chi connectivity index (χ0n) is 15.4. The maximum absolute atomic E-state index is 5.97. The van der Waals surface area contributed by atoms with Gasteiger partial charge >= 0.3 is 0 Å². The van der Waals surface area contributed by atoms with E-state index in [1.54, 1.807) is 7.11 Å². The van der Waals surface area contributed by atoms with E-state index >= 15 is 0 Å². The Labute approximate surface area is 159 Å². The van der Waals surface area contributed by atoms with Crippen molar-refractivity contribution in [2.24, 2.45) is 0 Å². The second-order valence-electron chi connectivity index (χ2n) is 6.64. The molecule has 1 aliphatic rings. The fraction of sp³-hybridized carbons (Fsp3) is 0.273. The summed E-state index contributed by atoms with van der Waals surface area (Å²) >= 11 is 0. The van der Waals surface area contributed by atoms with Gasteiger partial charge in [0, 0.05) is 25.1 Å². The molecule has 27 heavy (non-hydrogen) atoms. The first kappa shape index (κ1) is 17.5. The average molecular weight is 361 g/mol. The van der Waals surface area contributed by atoms with Gasteiger partial charge < -0.3 is 14.4 Å². The molecule has 2 aromatic carbocycles. The van der Waals surface area contributed by atoms with Crippen molar-refractivity contribution in [2.75, 3.05) is 31.7 Å². The normalized spacial score (nSPS) is 16.9. The summed E-state index contributed by atoms with van der Waals surface area (Å²) in [7, 11) is 1.69. The summed E-state index contributed by atoms with van der Waals surface area (Å²) in [5.41, 5.74) is 3.18. The van der Waals surface area contributed by atoms with Crippen LogP contribution in [0.25, 0.3) is 11.3 Å². The molecule has 0 spiro atoms. The highest BCUT2D eigenvalue weighted by molar-refractivity contribution is 5.59. The number of aromatic nitrogens is 2. The molecule has 0 aliphatic carbocycles. The molecule has 3 aromatic rings. The minimum absolute atomic E-state index is 0.126. The summed E-state index contributed by atoms with van der Waals surface area (Å²) < 4.78 is 11.3. The van der Waals surface area contributed by atoms with Crippen LogP contribution in [0.1, 0.15) is 5.56 Å². The van der Waals surface area contributed by atoms with Crippen molar-refractivity contribution < 1.29 is 9.47 Å². The number of hydrogen-bond donors (Lipinski definition) is 0. The molecule has 1 saturated heterocycles. The molecule has 0 bridgehead atoms. The summed E-state index contributed by atoms with van der Waals surface area (Å²) in [6, 6.07) is 22.3. The molecule has 4 rings (SSSR count). The Kier molecular flexibility index (Phi) is 5.30. The zero-order valence-corrected chi connectivity index (χ0v) is 15.4. The maximum Gasteiger partial charge on any atom is 0.151 e. The van der Waals surface area contributed by atoms with Gasteiger partial charge in [0.15, 0.2) is 5.82 Å². The first-order valence-electron chi connectivity index (χ1n) is 9.20. The largest absolute Gasteiger partial charge is 0.497 e. The molecule has 5 heteroatoms. The van der Waals surface area contributed by atoms with E-state index in [9.17, 15) is 0 Å². The van der Waals surface area contributed by atoms with Crippen LogP contribution in [0, 0.1) is 0 Å². The van der Waals surface area contributed by atoms with Gasteiger partial charge in [0.25, 0.3) is 0 Å². The minimum Gasteiger partial charge on any atom is -0.497 e. The number of nitrogens with zero attached hydrogens (tertiary/aromatic N) is 3. The van der Waals surface area contributed by atoms with Crippen molar-refractivity contribution in [3.8, 4) is 17.0 Å². The quantitative estimate of drug-likeness (QED) is 0.695. The molecule has 1 aliphatic heterocycles. The molecule has 1 unspecified atom stereocenters. The van der Waals surface area contributed by atoms with Crippen LogP contribution in [-0.2, 0) is 11.2 Å². The summed E-state index contributed by atoms with van der Waals surface area (Å²) in [4.78, 5) is 2.25. The van der Waals surface area contributed by atoms with Gasteiger partial charge in [0.05, 0.1) is 25.5 Å². The number of rotatable bonds is 5. The van der Waals surface area contributed by atoms with E-state index in [1.165, 1.54) is 5.56 Å². The van der Waals surface area contributed by atoms with Crippen LogP contribution in [0.4, 0.5) is 5.82 Å². The average Bonchev–Trinajstić information content (AvgIpc) is 2.75. The van der Waals surface area contributed by atoms with Gasteiger partial charge in [-0.15, -0.1) is 10.2 Å². The lowest BCUT2D eigenvalue weighted by Gasteiger charge is -2.33. The van der Waals surface area contributed by atoms with Crippen molar-refractivity contribution in [1.29, 1.82) is 0 Å². The zero-order chi connectivity index (χ0) is 18.5. The number of hydrogen-bond acceptors (Lipinski definition) is 5. The van der Waals surface area contributed by atoms with Crippen molar-refractivity contribution in [3.05, 3.63) is 72.3 Å². The third kappa shape index (κ3) is 4.26. The van der Waals surface area contributed by atoms with E-state index in [2.05, 4.69) is 27.2 Å². The Bertz CT molecular complexity index is 868. The van der Waals surface area contributed by atoms with E-state index in [4.69, 9.17) is 9.47 Å². The van der Waals surface area contributed by atoms with Crippen LogP contribution in [0.3, 0.4) is 0 Å². The molecule has 0 amide bonds. The lowest BCUT2D eigenvalue weighted by Crippen LogP contribution is -2.43. The highest BCUT2D eigenvalue weighted by atomic mass is 16.5. The number of ether oxygens (including phenoxy) is 2. The number of morpholine rings is 1. The Morgan fingerprint density at radius 1 is 1.04 bits per heavy atom. The summed E-state index contributed by atoms with van der Waals surface area (Å²) in [5.74, 6) is 1.77. The van der Waals surface area contributed by atoms with Gasteiger partial charge in [0.2, 0.25) is 0 Å². The smallest absolute Gasteiger partial charge is 0.151 e. The van der Waals surface area contributed by atoms with Gasteiger partial charge in [-0.25, -0.2) is 0 Å². The van der Waals surface area contributed by atoms with E-state index in [0.717, 1.165) is 42.3 Å². The standard InChI is InChI=1S/C22H23N3O2/c1-26-19-9-5-6-17(14-19)15-20-16-25(12-13-27-20)22-11-10-21(23-24-22)18-7-3-2-4-8-18/h2-11,14,20H,12-13,15-16H2,1H3. The van der Waals surface area contributed by atoms with Gasteiger partial charge in [-0.05, 0) is 29.8 Å². The van der Waals surface area contributed by atoms with Crippen LogP contribution in [0.15, 0.2) is 66.7 Å². The van der Waals surface area contributed by atoms with Crippen LogP contribution in [0.2, 0.25) is 0 Å². The Morgan fingerprint density at radius 3 is 2.70 bits per heavy atom. The van der Waals surface area contributed by atoms with Crippen molar-refractivity contribution in [3.63, 3.8) is 0 Å². The fourth-order valence-corrected chi connectivity index (χ4v) is 3.37. The molecule has 2 heterocycles. The molecular weight excluding hydrogens is 338 g/mol. The van der Waals surface area contributed by atoms with Crippen LogP contribution in [0.5, 0.6) is 5.75 Å². The third-order valence-electron chi connectivity index (χ3n) is 4.78. The summed E-state index contributed by atoms with van der Waals surface area (Å²) in [6.45, 7) is 2.32. The monoisotopic (exact) mass is 361 g/mol. The highest BCUT2D eigenvalue weighted by Crippen LogP contribution is 2.21.